The molecule has 0 spiro atoms. The number of carbonyl (C=O) groups excluding carboxylic acids is 4. The molecule has 12 nitrogen and oxygen atoms in total. The topological polar surface area (TPSA) is 186 Å². The zero-order chi connectivity index (χ0) is 30.7. The molecule has 0 heterocycles. The number of likely N-dealkylation sites (N-methyl/N-ethyl adjacent to an activating group) is 1. The molecule has 2 amide bonds. The number of carbonyl (C=O) groups is 4. The molecule has 1 aromatic rings. The zero-order valence-corrected chi connectivity index (χ0v) is 24.5. The number of phenolic OH excluding ortho intramolecular Hbond substituents is 1. The van der Waals surface area contributed by atoms with Gasteiger partial charge in [-0.25, -0.2) is 0 Å². The maximum absolute atomic E-state index is 14.0. The van der Waals surface area contributed by atoms with Crippen molar-refractivity contribution in [3.8, 4) is 5.75 Å². The number of anilines is 2. The van der Waals surface area contributed by atoms with E-state index in [0.717, 1.165) is 0 Å². The highest BCUT2D eigenvalue weighted by atomic mass is 16.3. The molecule has 1 aromatic carbocycles. The van der Waals surface area contributed by atoms with Gasteiger partial charge in [-0.2, -0.15) is 0 Å². The number of nitrogens with one attached hydrogen (secondary N) is 2. The number of primary amides is 1. The van der Waals surface area contributed by atoms with Crippen molar-refractivity contribution in [1.82, 2.24) is 10.2 Å². The zero-order valence-electron chi connectivity index (χ0n) is 24.5. The van der Waals surface area contributed by atoms with Crippen LogP contribution in [-0.4, -0.2) is 89.9 Å². The fraction of sp³-hybridized carbons (Fsp3) is 0.517. The van der Waals surface area contributed by atoms with E-state index in [0.29, 0.717) is 11.3 Å². The van der Waals surface area contributed by atoms with E-state index in [-0.39, 0.29) is 41.7 Å². The standard InChI is InChI=1S/C29H39N5O7/c1-29(2,3)31-11-17(35)32-15-10-16(33(4)5)13-8-12-9-14-20(25(38)18(12)24(37)19(13)23(15)36)26(39)21(28(30)41)27(40)22(14)34(6)7/h10,12,14,20,22,31,36-37,40H,8-9,11H2,1-7H3,(H2,30,41)(H,32,35)/t12-,14+,20?,22-/m0/s1. The minimum Gasteiger partial charge on any atom is -0.510 e. The van der Waals surface area contributed by atoms with Crippen LogP contribution in [-0.2, 0) is 25.6 Å². The summed E-state index contributed by atoms with van der Waals surface area (Å²) in [4.78, 5) is 55.6. The first-order chi connectivity index (χ1) is 19.0. The van der Waals surface area contributed by atoms with E-state index in [1.807, 2.05) is 20.8 Å². The number of aliphatic hydroxyl groups excluding tert-OH is 2. The summed E-state index contributed by atoms with van der Waals surface area (Å²) in [5, 5.41) is 39.5. The number of aliphatic hydroxyl groups is 2. The molecule has 3 aliphatic carbocycles. The van der Waals surface area contributed by atoms with Crippen LogP contribution in [0.15, 0.2) is 23.0 Å². The smallest absolute Gasteiger partial charge is 0.255 e. The fourth-order valence-corrected chi connectivity index (χ4v) is 6.35. The van der Waals surface area contributed by atoms with Crippen molar-refractivity contribution < 1.29 is 34.5 Å². The Kier molecular flexibility index (Phi) is 7.70. The summed E-state index contributed by atoms with van der Waals surface area (Å²) in [7, 11) is 6.91. The molecule has 0 bridgehead atoms. The summed E-state index contributed by atoms with van der Waals surface area (Å²) in [5.74, 6) is -6.95. The molecule has 3 aliphatic rings. The van der Waals surface area contributed by atoms with Gasteiger partial charge in [-0.3, -0.25) is 24.1 Å². The average molecular weight is 570 g/mol. The van der Waals surface area contributed by atoms with Gasteiger partial charge in [0.2, 0.25) is 5.91 Å². The van der Waals surface area contributed by atoms with Crippen LogP contribution < -0.4 is 21.3 Å². The molecule has 1 unspecified atom stereocenters. The predicted molar refractivity (Wildman–Crippen MR) is 153 cm³/mol. The van der Waals surface area contributed by atoms with Crippen molar-refractivity contribution in [3.63, 3.8) is 0 Å². The first-order valence-corrected chi connectivity index (χ1v) is 13.5. The largest absolute Gasteiger partial charge is 0.510 e. The normalized spacial score (nSPS) is 24.2. The Hall–Kier alpha value is -3.90. The Balaban J connectivity index is 1.83. The Morgan fingerprint density at radius 3 is 2.24 bits per heavy atom. The van der Waals surface area contributed by atoms with Gasteiger partial charge in [0.25, 0.3) is 5.91 Å². The second kappa shape index (κ2) is 10.5. The molecule has 0 saturated heterocycles. The molecule has 12 heteroatoms. The number of ketones is 2. The third-order valence-corrected chi connectivity index (χ3v) is 8.08. The lowest BCUT2D eigenvalue weighted by Gasteiger charge is -2.46. The third kappa shape index (κ3) is 5.17. The first kappa shape index (κ1) is 30.1. The van der Waals surface area contributed by atoms with Crippen LogP contribution in [0.2, 0.25) is 0 Å². The highest BCUT2D eigenvalue weighted by Crippen LogP contribution is 2.53. The number of allylic oxidation sites excluding steroid dienone is 1. The fourth-order valence-electron chi connectivity index (χ4n) is 6.35. The van der Waals surface area contributed by atoms with E-state index < -0.39 is 70.0 Å². The lowest BCUT2D eigenvalue weighted by atomic mass is 9.59. The number of nitrogens with zero attached hydrogens (tertiary/aromatic N) is 2. The molecule has 0 radical (unpaired) electrons. The summed E-state index contributed by atoms with van der Waals surface area (Å²) >= 11 is 0. The SMILES string of the molecule is CN(C)c1cc(NC(=O)CNC(C)(C)C)c(O)c2c1C[C@H]1C[C@@H]3C(C(=O)C(C(N)=O)=C(O)[C@H]3N(C)C)C(=O)C1=C2O. The average Bonchev–Trinajstić information content (AvgIpc) is 2.82. The van der Waals surface area contributed by atoms with Crippen LogP contribution in [0.3, 0.4) is 0 Å². The van der Waals surface area contributed by atoms with Crippen LogP contribution in [0.1, 0.15) is 38.3 Å². The van der Waals surface area contributed by atoms with Crippen molar-refractivity contribution in [1.29, 1.82) is 0 Å². The maximum atomic E-state index is 14.0. The van der Waals surface area contributed by atoms with Crippen molar-refractivity contribution in [3.05, 3.63) is 34.1 Å². The predicted octanol–water partition coefficient (Wildman–Crippen LogP) is 1.24. The molecule has 41 heavy (non-hydrogen) atoms. The Morgan fingerprint density at radius 1 is 1.07 bits per heavy atom. The van der Waals surface area contributed by atoms with E-state index in [2.05, 4.69) is 10.6 Å². The Labute approximate surface area is 238 Å². The van der Waals surface area contributed by atoms with E-state index in [1.165, 1.54) is 0 Å². The highest BCUT2D eigenvalue weighted by Gasteiger charge is 2.56. The number of benzene rings is 1. The lowest BCUT2D eigenvalue weighted by Crippen LogP contribution is -2.55. The molecular weight excluding hydrogens is 530 g/mol. The van der Waals surface area contributed by atoms with Crippen LogP contribution in [0.5, 0.6) is 5.75 Å². The number of Topliss-reactive ketones (excluding diaryl/α,β-unsaturated/α-hetero) is 2. The summed E-state index contributed by atoms with van der Waals surface area (Å²) in [5.41, 5.74) is 5.75. The number of nitrogens with two attached hydrogens (primary N) is 1. The number of fused-ring (bicyclic) bond motifs is 3. The molecule has 0 aliphatic heterocycles. The highest BCUT2D eigenvalue weighted by molar-refractivity contribution is 6.28. The molecule has 222 valence electrons. The van der Waals surface area contributed by atoms with Crippen molar-refractivity contribution in [2.45, 2.75) is 45.2 Å². The number of hydrogen-bond donors (Lipinski definition) is 6. The van der Waals surface area contributed by atoms with Crippen LogP contribution >= 0.6 is 0 Å². The second-order valence-electron chi connectivity index (χ2n) is 12.5. The minimum atomic E-state index is -1.34. The Morgan fingerprint density at radius 2 is 1.71 bits per heavy atom. The number of hydrogen-bond acceptors (Lipinski definition) is 10. The van der Waals surface area contributed by atoms with Gasteiger partial charge in [0.15, 0.2) is 11.6 Å². The molecule has 1 saturated carbocycles. The summed E-state index contributed by atoms with van der Waals surface area (Å²) in [6.07, 6.45) is 0.510. The van der Waals surface area contributed by atoms with E-state index in [4.69, 9.17) is 5.73 Å². The number of aromatic hydroxyl groups is 1. The van der Waals surface area contributed by atoms with Crippen molar-refractivity contribution in [2.75, 3.05) is 45.0 Å². The van der Waals surface area contributed by atoms with Gasteiger partial charge < -0.3 is 36.6 Å². The summed E-state index contributed by atoms with van der Waals surface area (Å²) in [6.45, 7) is 5.71. The van der Waals surface area contributed by atoms with Gasteiger partial charge in [0, 0.05) is 30.9 Å². The van der Waals surface area contributed by atoms with Crippen LogP contribution in [0.4, 0.5) is 11.4 Å². The summed E-state index contributed by atoms with van der Waals surface area (Å²) in [6, 6.07) is 0.810. The maximum Gasteiger partial charge on any atom is 0.255 e. The number of amides is 2. The van der Waals surface area contributed by atoms with E-state index in [9.17, 15) is 34.5 Å². The van der Waals surface area contributed by atoms with Gasteiger partial charge in [-0.1, -0.05) is 0 Å². The van der Waals surface area contributed by atoms with Crippen LogP contribution in [0, 0.1) is 17.8 Å². The van der Waals surface area contributed by atoms with Crippen molar-refractivity contribution in [2.24, 2.45) is 23.5 Å². The van der Waals surface area contributed by atoms with E-state index >= 15 is 0 Å². The van der Waals surface area contributed by atoms with Crippen LogP contribution in [0.25, 0.3) is 5.76 Å². The summed E-state index contributed by atoms with van der Waals surface area (Å²) < 4.78 is 0. The molecule has 1 fully saturated rings. The molecule has 4 atom stereocenters. The second-order valence-corrected chi connectivity index (χ2v) is 12.5. The van der Waals surface area contributed by atoms with E-state index in [1.54, 1.807) is 44.1 Å². The van der Waals surface area contributed by atoms with Gasteiger partial charge in [-0.15, -0.1) is 0 Å². The third-order valence-electron chi connectivity index (χ3n) is 8.08. The molecule has 7 N–H and O–H groups in total. The van der Waals surface area contributed by atoms with Crippen molar-refractivity contribution >= 4 is 40.5 Å². The quantitative estimate of drug-likeness (QED) is 0.165. The Bertz CT molecular complexity index is 1400. The molecular formula is C29H39N5O7. The molecule has 0 aromatic heterocycles. The van der Waals surface area contributed by atoms with Gasteiger partial charge in [-0.05, 0) is 71.2 Å². The van der Waals surface area contributed by atoms with Gasteiger partial charge >= 0.3 is 0 Å². The van der Waals surface area contributed by atoms with Gasteiger partial charge in [0.1, 0.15) is 22.8 Å². The first-order valence-electron chi connectivity index (χ1n) is 13.5. The number of rotatable bonds is 6. The van der Waals surface area contributed by atoms with Gasteiger partial charge in [0.05, 0.1) is 29.8 Å². The number of phenols is 1. The monoisotopic (exact) mass is 569 g/mol. The minimum absolute atomic E-state index is 0.00858. The molecule has 4 rings (SSSR count). The lowest BCUT2D eigenvalue weighted by molar-refractivity contribution is -0.136.